The van der Waals surface area contributed by atoms with Gasteiger partial charge in [-0.2, -0.15) is 4.98 Å². The zero-order chi connectivity index (χ0) is 16.1. The van der Waals surface area contributed by atoms with Gasteiger partial charge in [0.15, 0.2) is 11.6 Å². The van der Waals surface area contributed by atoms with Crippen LogP contribution in [0.4, 0.5) is 10.5 Å². The van der Waals surface area contributed by atoms with E-state index in [0.717, 1.165) is 0 Å². The summed E-state index contributed by atoms with van der Waals surface area (Å²) in [6, 6.07) is 4.35. The zero-order valence-corrected chi connectivity index (χ0v) is 13.3. The second-order valence-corrected chi connectivity index (χ2v) is 4.96. The molecule has 0 unspecified atom stereocenters. The van der Waals surface area contributed by atoms with Crippen LogP contribution in [-0.2, 0) is 0 Å². The quantitative estimate of drug-likeness (QED) is 0.880. The summed E-state index contributed by atoms with van der Waals surface area (Å²) in [5.74, 6) is 1.29. The van der Waals surface area contributed by atoms with Crippen molar-refractivity contribution < 1.29 is 14.1 Å². The molecule has 0 aliphatic carbocycles. The van der Waals surface area contributed by atoms with Gasteiger partial charge in [-0.15, -0.1) is 0 Å². The first kappa shape index (κ1) is 16.1. The van der Waals surface area contributed by atoms with Crippen LogP contribution in [0.15, 0.2) is 22.7 Å². The monoisotopic (exact) mass is 324 g/mol. The van der Waals surface area contributed by atoms with Gasteiger partial charge in [0, 0.05) is 6.92 Å². The largest absolute Gasteiger partial charge is 0.493 e. The highest BCUT2D eigenvalue weighted by Gasteiger charge is 2.19. The molecule has 0 saturated carbocycles. The van der Waals surface area contributed by atoms with Gasteiger partial charge in [-0.1, -0.05) is 29.7 Å². The Morgan fingerprint density at radius 3 is 2.86 bits per heavy atom. The molecule has 0 fully saturated rings. The lowest BCUT2D eigenvalue weighted by Crippen LogP contribution is -2.33. The fourth-order valence-corrected chi connectivity index (χ4v) is 2.19. The van der Waals surface area contributed by atoms with E-state index in [-0.39, 0.29) is 6.04 Å². The first-order valence-corrected chi connectivity index (χ1v) is 7.13. The van der Waals surface area contributed by atoms with Gasteiger partial charge in [-0.05, 0) is 18.6 Å². The van der Waals surface area contributed by atoms with Crippen molar-refractivity contribution in [2.75, 3.05) is 12.4 Å². The Hall–Kier alpha value is -2.28. The number of benzene rings is 1. The number of carbonyl (C=O) groups excluding carboxylic acids is 1. The number of aromatic nitrogens is 2. The third kappa shape index (κ3) is 3.67. The number of nitrogens with zero attached hydrogens (tertiary/aromatic N) is 2. The predicted octanol–water partition coefficient (Wildman–Crippen LogP) is 3.31. The van der Waals surface area contributed by atoms with Crippen LogP contribution in [-0.4, -0.2) is 23.3 Å². The predicted molar refractivity (Wildman–Crippen MR) is 82.2 cm³/mol. The van der Waals surface area contributed by atoms with Gasteiger partial charge in [0.2, 0.25) is 5.89 Å². The van der Waals surface area contributed by atoms with E-state index >= 15 is 0 Å². The molecule has 118 valence electrons. The molecule has 8 heteroatoms. The number of urea groups is 1. The van der Waals surface area contributed by atoms with Gasteiger partial charge in [-0.3, -0.25) is 0 Å². The van der Waals surface area contributed by atoms with E-state index in [2.05, 4.69) is 20.8 Å². The molecule has 0 bridgehead atoms. The number of ether oxygens (including phenoxy) is 1. The third-order valence-electron chi connectivity index (χ3n) is 2.99. The van der Waals surface area contributed by atoms with Gasteiger partial charge < -0.3 is 19.9 Å². The normalized spacial score (nSPS) is 11.8. The molecule has 0 aliphatic heterocycles. The summed E-state index contributed by atoms with van der Waals surface area (Å²) < 4.78 is 10.1. The average Bonchev–Trinajstić information content (AvgIpc) is 2.91. The van der Waals surface area contributed by atoms with E-state index in [9.17, 15) is 4.79 Å². The molecule has 1 heterocycles. The van der Waals surface area contributed by atoms with Crippen LogP contribution in [0.25, 0.3) is 0 Å². The summed E-state index contributed by atoms with van der Waals surface area (Å²) in [7, 11) is 1.49. The molecule has 1 aromatic heterocycles. The highest BCUT2D eigenvalue weighted by atomic mass is 35.5. The lowest BCUT2D eigenvalue weighted by molar-refractivity contribution is 0.247. The number of carbonyl (C=O) groups is 1. The summed E-state index contributed by atoms with van der Waals surface area (Å²) in [5, 5.41) is 9.72. The standard InChI is InChI=1S/C14H17ClN4O3/c1-4-10(13-16-8(2)22-19-13)17-14(20)18-11-7-5-6-9(15)12(11)21-3/h5-7,10H,4H2,1-3H3,(H2,17,18,20)/t10-/m0/s1. The van der Waals surface area contributed by atoms with E-state index in [4.69, 9.17) is 20.9 Å². The Morgan fingerprint density at radius 1 is 1.50 bits per heavy atom. The summed E-state index contributed by atoms with van der Waals surface area (Å²) in [5.41, 5.74) is 0.478. The molecule has 2 amide bonds. The number of methoxy groups -OCH3 is 1. The first-order valence-electron chi connectivity index (χ1n) is 6.75. The molecule has 2 rings (SSSR count). The van der Waals surface area contributed by atoms with Gasteiger partial charge in [0.1, 0.15) is 0 Å². The number of para-hydroxylation sites is 1. The minimum Gasteiger partial charge on any atom is -0.493 e. The number of nitrogens with one attached hydrogen (secondary N) is 2. The smallest absolute Gasteiger partial charge is 0.319 e. The van der Waals surface area contributed by atoms with Gasteiger partial charge in [0.25, 0.3) is 0 Å². The molecule has 7 nitrogen and oxygen atoms in total. The lowest BCUT2D eigenvalue weighted by atomic mass is 10.2. The molecular formula is C14H17ClN4O3. The summed E-state index contributed by atoms with van der Waals surface area (Å²) >= 11 is 6.02. The molecule has 0 aliphatic rings. The van der Waals surface area contributed by atoms with Gasteiger partial charge in [0.05, 0.1) is 23.9 Å². The minimum atomic E-state index is -0.408. The van der Waals surface area contributed by atoms with E-state index in [1.165, 1.54) is 7.11 Å². The number of anilines is 1. The van der Waals surface area contributed by atoms with Crippen LogP contribution < -0.4 is 15.4 Å². The molecule has 0 saturated heterocycles. The van der Waals surface area contributed by atoms with Crippen LogP contribution in [0.3, 0.4) is 0 Å². The Morgan fingerprint density at radius 2 is 2.27 bits per heavy atom. The van der Waals surface area contributed by atoms with Crippen molar-refractivity contribution in [3.8, 4) is 5.75 Å². The van der Waals surface area contributed by atoms with Crippen molar-refractivity contribution in [1.82, 2.24) is 15.5 Å². The van der Waals surface area contributed by atoms with Gasteiger partial charge >= 0.3 is 6.03 Å². The molecule has 2 aromatic rings. The van der Waals surface area contributed by atoms with Crippen molar-refractivity contribution >= 4 is 23.3 Å². The average molecular weight is 325 g/mol. The number of rotatable bonds is 5. The number of hydrogen-bond acceptors (Lipinski definition) is 5. The van der Waals surface area contributed by atoms with Crippen LogP contribution in [0, 0.1) is 6.92 Å². The molecular weight excluding hydrogens is 308 g/mol. The topological polar surface area (TPSA) is 89.3 Å². The van der Waals surface area contributed by atoms with E-state index < -0.39 is 6.03 Å². The number of amides is 2. The molecule has 0 radical (unpaired) electrons. The van der Waals surface area contributed by atoms with Crippen molar-refractivity contribution in [2.24, 2.45) is 0 Å². The van der Waals surface area contributed by atoms with Crippen molar-refractivity contribution in [3.63, 3.8) is 0 Å². The third-order valence-corrected chi connectivity index (χ3v) is 3.29. The fourth-order valence-electron chi connectivity index (χ4n) is 1.94. The zero-order valence-electron chi connectivity index (χ0n) is 12.5. The lowest BCUT2D eigenvalue weighted by Gasteiger charge is -2.15. The Bertz CT molecular complexity index is 659. The van der Waals surface area contributed by atoms with Crippen molar-refractivity contribution in [3.05, 3.63) is 34.9 Å². The van der Waals surface area contributed by atoms with E-state index in [1.807, 2.05) is 6.92 Å². The molecule has 0 spiro atoms. The van der Waals surface area contributed by atoms with Crippen LogP contribution in [0.5, 0.6) is 5.75 Å². The van der Waals surface area contributed by atoms with Crippen molar-refractivity contribution in [1.29, 1.82) is 0 Å². The summed E-state index contributed by atoms with van der Waals surface area (Å²) in [4.78, 5) is 16.3. The molecule has 1 atom stereocenters. The Balaban J connectivity index is 2.08. The molecule has 2 N–H and O–H groups in total. The van der Waals surface area contributed by atoms with Crippen LogP contribution in [0.2, 0.25) is 5.02 Å². The maximum absolute atomic E-state index is 12.1. The van der Waals surface area contributed by atoms with Crippen molar-refractivity contribution in [2.45, 2.75) is 26.3 Å². The first-order chi connectivity index (χ1) is 10.5. The maximum Gasteiger partial charge on any atom is 0.319 e. The maximum atomic E-state index is 12.1. The van der Waals surface area contributed by atoms with Gasteiger partial charge in [-0.25, -0.2) is 4.79 Å². The van der Waals surface area contributed by atoms with E-state index in [1.54, 1.807) is 25.1 Å². The summed E-state index contributed by atoms with van der Waals surface area (Å²) in [6.07, 6.45) is 0.624. The van der Waals surface area contributed by atoms with Crippen LogP contribution in [0.1, 0.15) is 31.1 Å². The highest BCUT2D eigenvalue weighted by Crippen LogP contribution is 2.32. The molecule has 22 heavy (non-hydrogen) atoms. The fraction of sp³-hybridized carbons (Fsp3) is 0.357. The number of aryl methyl sites for hydroxylation is 1. The Labute approximate surface area is 133 Å². The van der Waals surface area contributed by atoms with E-state index in [0.29, 0.717) is 34.6 Å². The summed E-state index contributed by atoms with van der Waals surface area (Å²) in [6.45, 7) is 3.61. The minimum absolute atomic E-state index is 0.345. The Kier molecular flexibility index (Phi) is 5.21. The second-order valence-electron chi connectivity index (χ2n) is 4.55. The number of hydrogen-bond donors (Lipinski definition) is 2. The second kappa shape index (κ2) is 7.13. The van der Waals surface area contributed by atoms with Crippen LogP contribution >= 0.6 is 11.6 Å². The number of halogens is 1. The SMILES string of the molecule is CC[C@H](NC(=O)Nc1cccc(Cl)c1OC)c1noc(C)n1. The molecule has 1 aromatic carbocycles. The highest BCUT2D eigenvalue weighted by molar-refractivity contribution is 6.32.